The molecule has 2 aromatic rings. The quantitative estimate of drug-likeness (QED) is 0.819. The number of nitrogens with zero attached hydrogens (tertiary/aromatic N) is 2. The van der Waals surface area contributed by atoms with Crippen molar-refractivity contribution in [2.45, 2.75) is 43.5 Å². The maximum atomic E-state index is 13.5. The molecule has 3 aliphatic heterocycles. The Morgan fingerprint density at radius 2 is 1.73 bits per heavy atom. The highest BCUT2D eigenvalue weighted by Gasteiger charge is 2.38. The van der Waals surface area contributed by atoms with Crippen LogP contribution < -0.4 is 9.21 Å². The van der Waals surface area contributed by atoms with E-state index in [9.17, 15) is 13.2 Å². The Hall–Kier alpha value is -2.34. The van der Waals surface area contributed by atoms with Crippen molar-refractivity contribution in [2.24, 2.45) is 0 Å². The Labute approximate surface area is 153 Å². The molecule has 0 saturated heterocycles. The van der Waals surface area contributed by atoms with E-state index in [1.54, 1.807) is 16.4 Å². The van der Waals surface area contributed by atoms with E-state index >= 15 is 0 Å². The minimum atomic E-state index is -3.63. The number of sulfonamides is 1. The van der Waals surface area contributed by atoms with Crippen molar-refractivity contribution in [2.75, 3.05) is 15.7 Å². The highest BCUT2D eigenvalue weighted by atomic mass is 32.2. The van der Waals surface area contributed by atoms with Gasteiger partial charge in [0.25, 0.3) is 10.0 Å². The van der Waals surface area contributed by atoms with Crippen LogP contribution in [0.15, 0.2) is 41.3 Å². The zero-order chi connectivity index (χ0) is 18.1. The average Bonchev–Trinajstić information content (AvgIpc) is 3.19. The first-order chi connectivity index (χ1) is 12.5. The average molecular weight is 368 g/mol. The summed E-state index contributed by atoms with van der Waals surface area (Å²) in [5.74, 6) is 0.147. The van der Waals surface area contributed by atoms with E-state index in [0.717, 1.165) is 40.9 Å². The second-order valence-corrected chi connectivity index (χ2v) is 9.18. The first-order valence-corrected chi connectivity index (χ1v) is 10.5. The van der Waals surface area contributed by atoms with E-state index in [-0.39, 0.29) is 11.9 Å². The van der Waals surface area contributed by atoms with Crippen molar-refractivity contribution in [3.63, 3.8) is 0 Å². The molecule has 0 aliphatic carbocycles. The minimum absolute atomic E-state index is 0.0971. The number of fused-ring (bicyclic) bond motifs is 1. The van der Waals surface area contributed by atoms with Gasteiger partial charge in [0.2, 0.25) is 5.91 Å². The smallest absolute Gasteiger partial charge is 0.264 e. The summed E-state index contributed by atoms with van der Waals surface area (Å²) in [4.78, 5) is 14.3. The summed E-state index contributed by atoms with van der Waals surface area (Å²) in [6.45, 7) is 2.61. The largest absolute Gasteiger partial charge is 0.312 e. The lowest BCUT2D eigenvalue weighted by atomic mass is 10.00. The fourth-order valence-corrected chi connectivity index (χ4v) is 6.39. The van der Waals surface area contributed by atoms with Crippen LogP contribution in [0.5, 0.6) is 0 Å². The Kier molecular flexibility index (Phi) is 3.26. The van der Waals surface area contributed by atoms with Gasteiger partial charge in [-0.3, -0.25) is 9.10 Å². The van der Waals surface area contributed by atoms with E-state index in [0.29, 0.717) is 24.3 Å². The second-order valence-electron chi connectivity index (χ2n) is 7.37. The van der Waals surface area contributed by atoms with Gasteiger partial charge in [0.1, 0.15) is 0 Å². The molecule has 3 aliphatic rings. The number of benzene rings is 2. The molecule has 1 amide bonds. The third-order valence-corrected chi connectivity index (χ3v) is 7.63. The molecule has 0 aromatic heterocycles. The number of aryl methyl sites for hydroxylation is 1. The van der Waals surface area contributed by atoms with Crippen LogP contribution in [0.2, 0.25) is 0 Å². The summed E-state index contributed by atoms with van der Waals surface area (Å²) in [6.07, 6.45) is 2.53. The molecule has 5 nitrogen and oxygen atoms in total. The summed E-state index contributed by atoms with van der Waals surface area (Å²) >= 11 is 0. The first-order valence-electron chi connectivity index (χ1n) is 9.05. The summed E-state index contributed by atoms with van der Waals surface area (Å²) in [7, 11) is -3.63. The molecule has 134 valence electrons. The molecule has 1 atom stereocenters. The number of hydrogen-bond donors (Lipinski definition) is 0. The Bertz CT molecular complexity index is 1050. The maximum absolute atomic E-state index is 13.5. The van der Waals surface area contributed by atoms with Gasteiger partial charge in [0.15, 0.2) is 0 Å². The van der Waals surface area contributed by atoms with Gasteiger partial charge in [-0.25, -0.2) is 8.42 Å². The molecule has 0 spiro atoms. The first kappa shape index (κ1) is 15.9. The molecular formula is C20H20N2O3S. The van der Waals surface area contributed by atoms with E-state index in [1.165, 1.54) is 0 Å². The molecule has 26 heavy (non-hydrogen) atoms. The Morgan fingerprint density at radius 3 is 2.54 bits per heavy atom. The number of carbonyl (C=O) groups is 1. The van der Waals surface area contributed by atoms with Crippen LogP contribution in [0.25, 0.3) is 0 Å². The molecule has 0 radical (unpaired) electrons. The van der Waals surface area contributed by atoms with Gasteiger partial charge in [-0.1, -0.05) is 18.2 Å². The molecular weight excluding hydrogens is 348 g/mol. The molecule has 6 heteroatoms. The van der Waals surface area contributed by atoms with Crippen molar-refractivity contribution in [1.29, 1.82) is 0 Å². The van der Waals surface area contributed by atoms with Crippen LogP contribution in [0, 0.1) is 0 Å². The monoisotopic (exact) mass is 368 g/mol. The lowest BCUT2D eigenvalue weighted by Crippen LogP contribution is -2.36. The normalized spacial score (nSPS) is 21.1. The highest BCUT2D eigenvalue weighted by molar-refractivity contribution is 7.92. The predicted octanol–water partition coefficient (Wildman–Crippen LogP) is 2.66. The third kappa shape index (κ3) is 2.08. The topological polar surface area (TPSA) is 57.7 Å². The van der Waals surface area contributed by atoms with E-state index in [4.69, 9.17) is 0 Å². The third-order valence-electron chi connectivity index (χ3n) is 5.73. The van der Waals surface area contributed by atoms with Crippen molar-refractivity contribution in [3.8, 4) is 0 Å². The van der Waals surface area contributed by atoms with Crippen molar-refractivity contribution < 1.29 is 13.2 Å². The number of amides is 1. The van der Waals surface area contributed by atoms with Gasteiger partial charge in [-0.15, -0.1) is 0 Å². The molecule has 0 bridgehead atoms. The van der Waals surface area contributed by atoms with E-state index in [2.05, 4.69) is 0 Å². The summed E-state index contributed by atoms with van der Waals surface area (Å²) in [5, 5.41) is 0. The van der Waals surface area contributed by atoms with E-state index < -0.39 is 10.0 Å². The molecule has 0 saturated carbocycles. The zero-order valence-electron chi connectivity index (χ0n) is 14.6. The number of para-hydroxylation sites is 1. The molecule has 2 aromatic carbocycles. The fourth-order valence-electron chi connectivity index (χ4n) is 4.59. The number of carbonyl (C=O) groups excluding carboxylic acids is 1. The Balaban J connectivity index is 1.64. The molecule has 0 N–H and O–H groups in total. The highest BCUT2D eigenvalue weighted by Crippen LogP contribution is 2.41. The lowest BCUT2D eigenvalue weighted by molar-refractivity contribution is -0.118. The molecule has 5 rings (SSSR count). The van der Waals surface area contributed by atoms with Crippen LogP contribution >= 0.6 is 0 Å². The van der Waals surface area contributed by atoms with Crippen molar-refractivity contribution >= 4 is 27.3 Å². The van der Waals surface area contributed by atoms with Gasteiger partial charge in [-0.2, -0.15) is 0 Å². The Morgan fingerprint density at radius 1 is 1.00 bits per heavy atom. The minimum Gasteiger partial charge on any atom is -0.312 e. The van der Waals surface area contributed by atoms with Gasteiger partial charge < -0.3 is 4.90 Å². The van der Waals surface area contributed by atoms with Gasteiger partial charge in [-0.05, 0) is 61.1 Å². The van der Waals surface area contributed by atoms with Gasteiger partial charge in [0.05, 0.1) is 16.3 Å². The maximum Gasteiger partial charge on any atom is 0.264 e. The number of rotatable bonds is 2. The van der Waals surface area contributed by atoms with Crippen LogP contribution in [-0.2, 0) is 34.1 Å². The predicted molar refractivity (Wildman–Crippen MR) is 100 cm³/mol. The SMILES string of the molecule is C[C@H]1Cc2ccccc2N1S(=O)(=O)c1cc2c3c(c1)CCN3C(=O)CC2. The van der Waals surface area contributed by atoms with Crippen LogP contribution in [-0.4, -0.2) is 26.9 Å². The standard InChI is InChI=1S/C20H20N2O3S/c1-13-10-14-4-2-3-5-18(14)22(13)26(24,25)17-11-15-6-7-19(23)21-9-8-16(12-17)20(15)21/h2-5,11-13H,6-10H2,1H3/t13-/m0/s1. The van der Waals surface area contributed by atoms with Gasteiger partial charge in [0, 0.05) is 19.0 Å². The lowest BCUT2D eigenvalue weighted by Gasteiger charge is -2.28. The molecule has 0 fully saturated rings. The second kappa shape index (κ2) is 5.33. The van der Waals surface area contributed by atoms with Crippen LogP contribution in [0.4, 0.5) is 11.4 Å². The zero-order valence-corrected chi connectivity index (χ0v) is 15.4. The molecule has 3 heterocycles. The van der Waals surface area contributed by atoms with Crippen molar-refractivity contribution in [3.05, 3.63) is 53.1 Å². The molecule has 0 unspecified atom stereocenters. The van der Waals surface area contributed by atoms with Crippen molar-refractivity contribution in [1.82, 2.24) is 0 Å². The van der Waals surface area contributed by atoms with Gasteiger partial charge >= 0.3 is 0 Å². The summed E-state index contributed by atoms with van der Waals surface area (Å²) < 4.78 is 28.5. The van der Waals surface area contributed by atoms with Crippen LogP contribution in [0.3, 0.4) is 0 Å². The van der Waals surface area contributed by atoms with Crippen LogP contribution in [0.1, 0.15) is 30.0 Å². The summed E-state index contributed by atoms with van der Waals surface area (Å²) in [5.41, 5.74) is 4.77. The number of anilines is 2. The number of hydrogen-bond acceptors (Lipinski definition) is 3. The summed E-state index contributed by atoms with van der Waals surface area (Å²) in [6, 6.07) is 11.2. The van der Waals surface area contributed by atoms with E-state index in [1.807, 2.05) is 36.1 Å². The fraction of sp³-hybridized carbons (Fsp3) is 0.350.